The third kappa shape index (κ3) is 87.5. The molecule has 0 aliphatic rings. The minimum atomic E-state index is -6.00. The Balaban J connectivity index is -0.0000000800. The van der Waals surface area contributed by atoms with Crippen LogP contribution in [-0.4, -0.2) is 17.4 Å². The van der Waals surface area contributed by atoms with Crippen LogP contribution >= 0.6 is 0 Å². The summed E-state index contributed by atoms with van der Waals surface area (Å²) in [6.45, 7) is 0. The van der Waals surface area contributed by atoms with E-state index in [1.165, 1.54) is 0 Å². The van der Waals surface area contributed by atoms with Gasteiger partial charge in [0.25, 0.3) is 0 Å². The maximum atomic E-state index is 8.62. The van der Waals surface area contributed by atoms with Crippen LogP contribution in [0.3, 0.4) is 0 Å². The first-order chi connectivity index (χ1) is 2.00. The van der Waals surface area contributed by atoms with Gasteiger partial charge in [0.1, 0.15) is 0 Å². The normalized spacial score (nSPS) is 8.57. The Morgan fingerprint density at radius 2 is 0.857 bits per heavy atom. The van der Waals surface area contributed by atoms with Crippen molar-refractivity contribution >= 4 is 17.4 Å². The molecular weight excluding hydrogens is 146 g/mol. The van der Waals surface area contributed by atoms with Crippen molar-refractivity contribution in [1.82, 2.24) is 0 Å². The molecular formula is AlLiO4Ti. The van der Waals surface area contributed by atoms with E-state index in [9.17, 15) is 0 Å². The van der Waals surface area contributed by atoms with E-state index in [1.54, 1.807) is 0 Å². The summed E-state index contributed by atoms with van der Waals surface area (Å²) in [4.78, 5) is 0. The van der Waals surface area contributed by atoms with E-state index in [0.29, 0.717) is 0 Å². The van der Waals surface area contributed by atoms with E-state index in [1.807, 2.05) is 0 Å². The van der Waals surface area contributed by atoms with E-state index in [2.05, 4.69) is 0 Å². The third-order valence-electron chi connectivity index (χ3n) is 0. The number of hydrogen-bond donors (Lipinski definition) is 0. The zero-order valence-corrected chi connectivity index (χ0v) is 6.43. The number of rotatable bonds is 0. The average Bonchev–Trinajstić information content (AvgIpc) is 0.722. The molecule has 0 aromatic rings. The van der Waals surface area contributed by atoms with Gasteiger partial charge in [-0.05, 0) is 0 Å². The molecule has 0 unspecified atom stereocenters. The summed E-state index contributed by atoms with van der Waals surface area (Å²) >= 11 is -6.00. The second-order valence-electron chi connectivity index (χ2n) is 0.500. The molecule has 0 radical (unpaired) electrons. The first-order valence-electron chi connectivity index (χ1n) is 0.816. The first-order valence-corrected chi connectivity index (χ1v) is 3.37. The molecule has 0 aromatic carbocycles. The van der Waals surface area contributed by atoms with Gasteiger partial charge >= 0.3 is 69.1 Å². The van der Waals surface area contributed by atoms with Crippen molar-refractivity contribution < 1.29 is 51.8 Å². The predicted octanol–water partition coefficient (Wildman–Crippen LogP) is -8.14. The molecule has 0 atom stereocenters. The molecule has 7 heavy (non-hydrogen) atoms. The Morgan fingerprint density at radius 1 is 0.857 bits per heavy atom. The van der Waals surface area contributed by atoms with Crippen LogP contribution in [-0.2, 0) is 18.1 Å². The quantitative estimate of drug-likeness (QED) is 0.317. The fourth-order valence-corrected chi connectivity index (χ4v) is 0. The summed E-state index contributed by atoms with van der Waals surface area (Å²) < 4.78 is 34.5. The van der Waals surface area contributed by atoms with E-state index >= 15 is 0 Å². The van der Waals surface area contributed by atoms with Crippen molar-refractivity contribution in [3.05, 3.63) is 0 Å². The van der Waals surface area contributed by atoms with Crippen LogP contribution in [0.1, 0.15) is 0 Å². The van der Waals surface area contributed by atoms with Crippen LogP contribution in [0.15, 0.2) is 0 Å². The van der Waals surface area contributed by atoms with Crippen molar-refractivity contribution in [3.63, 3.8) is 0 Å². The van der Waals surface area contributed by atoms with E-state index in [4.69, 9.17) is 14.8 Å². The van der Waals surface area contributed by atoms with Gasteiger partial charge in [0.2, 0.25) is 0 Å². The van der Waals surface area contributed by atoms with E-state index in [0.717, 1.165) is 0 Å². The monoisotopic (exact) mass is 146 g/mol. The van der Waals surface area contributed by atoms with Gasteiger partial charge < -0.3 is 0 Å². The van der Waals surface area contributed by atoms with Crippen molar-refractivity contribution in [2.45, 2.75) is 0 Å². The Bertz CT molecular complexity index is 27.2. The number of hydrogen-bond acceptors (Lipinski definition) is 4. The minimum absolute atomic E-state index is 0. The van der Waals surface area contributed by atoms with Crippen LogP contribution in [0, 0.1) is 0 Å². The van der Waals surface area contributed by atoms with Crippen LogP contribution < -0.4 is 33.6 Å². The van der Waals surface area contributed by atoms with Crippen LogP contribution in [0.25, 0.3) is 0 Å². The van der Waals surface area contributed by atoms with Crippen LogP contribution in [0.4, 0.5) is 0 Å². The molecule has 0 saturated heterocycles. The zero-order valence-electron chi connectivity index (χ0n) is 3.71. The van der Waals surface area contributed by atoms with Gasteiger partial charge in [-0.15, -0.1) is 0 Å². The standard InChI is InChI=1S/Al.Li.4O.Ti/q+3;+1;4*-1;. The SMILES string of the molecule is [Al+3].[Li+].[O-][Ti]([O-])([O-])[O-]. The molecule has 0 N–H and O–H groups in total. The second-order valence-corrected chi connectivity index (χ2v) is 2.06. The van der Waals surface area contributed by atoms with E-state index < -0.39 is 18.1 Å². The Kier molecular flexibility index (Phi) is 13.2. The topological polar surface area (TPSA) is 92.2 Å². The summed E-state index contributed by atoms with van der Waals surface area (Å²) in [6.07, 6.45) is 0. The fourth-order valence-electron chi connectivity index (χ4n) is 0. The van der Waals surface area contributed by atoms with Gasteiger partial charge in [-0.2, -0.15) is 0 Å². The molecule has 0 fully saturated rings. The third-order valence-corrected chi connectivity index (χ3v) is 0. The summed E-state index contributed by atoms with van der Waals surface area (Å²) in [7, 11) is 0. The molecule has 32 valence electrons. The van der Waals surface area contributed by atoms with Gasteiger partial charge in [-0.1, -0.05) is 0 Å². The average molecular weight is 146 g/mol. The summed E-state index contributed by atoms with van der Waals surface area (Å²) in [6, 6.07) is 0. The van der Waals surface area contributed by atoms with Gasteiger partial charge in [0.15, 0.2) is 0 Å². The molecule has 4 nitrogen and oxygen atoms in total. The molecule has 0 spiro atoms. The van der Waals surface area contributed by atoms with Crippen LogP contribution in [0.5, 0.6) is 0 Å². The predicted molar refractivity (Wildman–Crippen MR) is 5.75 cm³/mol. The Labute approximate surface area is 68.7 Å². The van der Waals surface area contributed by atoms with Crippen molar-refractivity contribution in [2.24, 2.45) is 0 Å². The molecule has 0 rings (SSSR count). The Morgan fingerprint density at radius 3 is 0.857 bits per heavy atom. The summed E-state index contributed by atoms with van der Waals surface area (Å²) in [5.74, 6) is 0. The second kappa shape index (κ2) is 5.81. The van der Waals surface area contributed by atoms with Crippen molar-refractivity contribution in [1.29, 1.82) is 0 Å². The van der Waals surface area contributed by atoms with Gasteiger partial charge in [0.05, 0.1) is 0 Å². The molecule has 0 aliphatic heterocycles. The van der Waals surface area contributed by atoms with Crippen LogP contribution in [0.2, 0.25) is 0 Å². The molecule has 0 heterocycles. The molecule has 0 aliphatic carbocycles. The zero-order chi connectivity index (χ0) is 4.50. The van der Waals surface area contributed by atoms with Crippen molar-refractivity contribution in [2.75, 3.05) is 0 Å². The Hall–Kier alpha value is 1.68. The first kappa shape index (κ1) is 15.9. The maximum absolute atomic E-state index is 8.62. The molecule has 0 bridgehead atoms. The van der Waals surface area contributed by atoms with Gasteiger partial charge in [0, 0.05) is 0 Å². The molecule has 0 saturated carbocycles. The van der Waals surface area contributed by atoms with Gasteiger partial charge in [-0.3, -0.25) is 0 Å². The molecule has 7 heteroatoms. The summed E-state index contributed by atoms with van der Waals surface area (Å²) in [5.41, 5.74) is 0. The van der Waals surface area contributed by atoms with Crippen molar-refractivity contribution in [3.8, 4) is 0 Å². The molecule has 0 aromatic heterocycles. The fraction of sp³-hybridized carbons (Fsp3) is 0. The molecule has 0 amide bonds. The summed E-state index contributed by atoms with van der Waals surface area (Å²) in [5, 5.41) is 0. The van der Waals surface area contributed by atoms with E-state index in [-0.39, 0.29) is 36.2 Å². The van der Waals surface area contributed by atoms with Gasteiger partial charge in [-0.25, -0.2) is 0 Å².